The van der Waals surface area contributed by atoms with Crippen LogP contribution < -0.4 is 5.73 Å². The molecule has 2 aromatic rings. The molecule has 4 atom stereocenters. The van der Waals surface area contributed by atoms with E-state index >= 15 is 0 Å². The Bertz CT molecular complexity index is 773. The van der Waals surface area contributed by atoms with Crippen molar-refractivity contribution in [3.05, 3.63) is 12.7 Å². The number of nitrogens with zero attached hydrogens (tertiary/aromatic N) is 4. The second-order valence-corrected chi connectivity index (χ2v) is 12.0. The van der Waals surface area contributed by atoms with Crippen LogP contribution in [0.25, 0.3) is 11.2 Å². The van der Waals surface area contributed by atoms with Crippen molar-refractivity contribution in [1.82, 2.24) is 19.5 Å². The van der Waals surface area contributed by atoms with E-state index in [-0.39, 0.29) is 12.4 Å². The van der Waals surface area contributed by atoms with E-state index in [0.717, 1.165) is 0 Å². The van der Waals surface area contributed by atoms with Gasteiger partial charge in [-0.3, -0.25) is 4.57 Å². The highest BCUT2D eigenvalue weighted by Gasteiger charge is 2.44. The maximum atomic E-state index is 10.2. The molecule has 126 valence electrons. The normalized spacial score (nSPS) is 28.5. The summed E-state index contributed by atoms with van der Waals surface area (Å²) >= 11 is 16.0. The van der Waals surface area contributed by atoms with Crippen molar-refractivity contribution in [3.63, 3.8) is 0 Å². The molecule has 23 heavy (non-hydrogen) atoms. The van der Waals surface area contributed by atoms with Crippen LogP contribution in [0.15, 0.2) is 12.7 Å². The van der Waals surface area contributed by atoms with Crippen LogP contribution >= 0.6 is 27.5 Å². The average Bonchev–Trinajstić information content (AvgIpc) is 3.01. The molecule has 0 aromatic carbocycles. The second kappa shape index (κ2) is 6.38. The lowest BCUT2D eigenvalue weighted by Gasteiger charge is -2.16. The van der Waals surface area contributed by atoms with Crippen LogP contribution in [0, 0.1) is 0 Å². The van der Waals surface area contributed by atoms with Crippen molar-refractivity contribution in [2.45, 2.75) is 24.5 Å². The molecular formula is C10H12Cl2N5O4PS. The van der Waals surface area contributed by atoms with Gasteiger partial charge in [-0.2, -0.15) is 0 Å². The lowest BCUT2D eigenvalue weighted by atomic mass is 10.1. The van der Waals surface area contributed by atoms with Gasteiger partial charge in [0.2, 0.25) is 4.97 Å². The Balaban J connectivity index is 1.85. The number of nitrogens with two attached hydrogens (primary N) is 1. The third-order valence-electron chi connectivity index (χ3n) is 3.39. The SMILES string of the molecule is Nc1ncnc2c1ncn2[C@@H]1OC(COP(=S)(Cl)Cl)C(O)[C@@H]1O. The number of hydrogen-bond donors (Lipinski definition) is 3. The van der Waals surface area contributed by atoms with Gasteiger partial charge < -0.3 is 25.2 Å². The predicted molar refractivity (Wildman–Crippen MR) is 87.6 cm³/mol. The van der Waals surface area contributed by atoms with E-state index in [1.807, 2.05) is 0 Å². The van der Waals surface area contributed by atoms with E-state index in [1.165, 1.54) is 17.2 Å². The molecule has 9 nitrogen and oxygen atoms in total. The van der Waals surface area contributed by atoms with Gasteiger partial charge >= 0.3 is 0 Å². The maximum Gasteiger partial charge on any atom is 0.240 e. The summed E-state index contributed by atoms with van der Waals surface area (Å²) in [6, 6.07) is 0. The highest BCUT2D eigenvalue weighted by molar-refractivity contribution is 8.36. The molecule has 2 aromatic heterocycles. The molecule has 4 N–H and O–H groups in total. The Morgan fingerprint density at radius 1 is 1.35 bits per heavy atom. The number of nitrogen functional groups attached to an aromatic ring is 1. The third kappa shape index (κ3) is 3.45. The molecule has 1 fully saturated rings. The summed E-state index contributed by atoms with van der Waals surface area (Å²) in [7, 11) is 0. The first kappa shape index (κ1) is 17.2. The van der Waals surface area contributed by atoms with Gasteiger partial charge in [0, 0.05) is 0 Å². The minimum absolute atomic E-state index is 0.150. The number of hydrogen-bond acceptors (Lipinski definition) is 9. The molecular weight excluding hydrogens is 388 g/mol. The zero-order valence-electron chi connectivity index (χ0n) is 11.4. The lowest BCUT2D eigenvalue weighted by Crippen LogP contribution is -2.33. The van der Waals surface area contributed by atoms with Crippen LogP contribution in [0.1, 0.15) is 6.23 Å². The Labute approximate surface area is 145 Å². The van der Waals surface area contributed by atoms with E-state index in [4.69, 9.17) is 49.3 Å². The molecule has 0 bridgehead atoms. The van der Waals surface area contributed by atoms with Gasteiger partial charge in [0.05, 0.1) is 12.9 Å². The molecule has 0 radical (unpaired) electrons. The fourth-order valence-electron chi connectivity index (χ4n) is 2.31. The van der Waals surface area contributed by atoms with E-state index < -0.39 is 29.5 Å². The molecule has 3 heterocycles. The van der Waals surface area contributed by atoms with Crippen molar-refractivity contribution in [3.8, 4) is 0 Å². The van der Waals surface area contributed by atoms with Gasteiger partial charge in [-0.25, -0.2) is 15.0 Å². The standard InChI is InChI=1S/C10H12Cl2N5O4PS/c11-22(12,23)20-1-4-6(18)7(19)10(21-4)17-3-16-5-8(13)14-2-15-9(5)17/h2-4,6-7,10,18-19H,1H2,(H2,13,14,15)/t4?,6?,7-,10+/m0/s1. The fourth-order valence-corrected chi connectivity index (χ4v) is 3.15. The van der Waals surface area contributed by atoms with E-state index in [0.29, 0.717) is 11.2 Å². The second-order valence-electron chi connectivity index (χ2n) is 4.84. The minimum atomic E-state index is -2.94. The van der Waals surface area contributed by atoms with Crippen LogP contribution in [0.3, 0.4) is 0 Å². The topological polar surface area (TPSA) is 129 Å². The van der Waals surface area contributed by atoms with E-state index in [1.54, 1.807) is 0 Å². The Morgan fingerprint density at radius 3 is 2.78 bits per heavy atom. The molecule has 0 aliphatic carbocycles. The molecule has 2 unspecified atom stereocenters. The number of ether oxygens (including phenoxy) is 1. The predicted octanol–water partition coefficient (Wildman–Crippen LogP) is 0.746. The average molecular weight is 400 g/mol. The van der Waals surface area contributed by atoms with Crippen molar-refractivity contribution in [2.75, 3.05) is 12.3 Å². The number of rotatable bonds is 4. The minimum Gasteiger partial charge on any atom is -0.387 e. The van der Waals surface area contributed by atoms with Gasteiger partial charge in [0.1, 0.15) is 30.2 Å². The van der Waals surface area contributed by atoms with Gasteiger partial charge in [0.25, 0.3) is 0 Å². The van der Waals surface area contributed by atoms with Crippen molar-refractivity contribution in [2.24, 2.45) is 0 Å². The van der Waals surface area contributed by atoms with Crippen molar-refractivity contribution in [1.29, 1.82) is 0 Å². The first-order chi connectivity index (χ1) is 10.8. The quantitative estimate of drug-likeness (QED) is 0.637. The van der Waals surface area contributed by atoms with Gasteiger partial charge in [-0.15, -0.1) is 0 Å². The van der Waals surface area contributed by atoms with Gasteiger partial charge in [-0.1, -0.05) is 0 Å². The fraction of sp³-hybridized carbons (Fsp3) is 0.500. The molecule has 1 saturated heterocycles. The molecule has 0 amide bonds. The maximum absolute atomic E-state index is 10.2. The number of halogens is 2. The van der Waals surface area contributed by atoms with E-state index in [2.05, 4.69) is 15.0 Å². The molecule has 0 saturated carbocycles. The molecule has 13 heteroatoms. The van der Waals surface area contributed by atoms with Crippen LogP contribution in [-0.4, -0.2) is 54.7 Å². The molecule has 3 rings (SSSR count). The summed E-state index contributed by atoms with van der Waals surface area (Å²) in [5.41, 5.74) is 6.46. The summed E-state index contributed by atoms with van der Waals surface area (Å²) in [5.74, 6) is 0.201. The van der Waals surface area contributed by atoms with Crippen LogP contribution in [-0.2, 0) is 21.1 Å². The van der Waals surface area contributed by atoms with Crippen molar-refractivity contribution < 1.29 is 19.5 Å². The summed E-state index contributed by atoms with van der Waals surface area (Å²) in [6.45, 7) is -0.150. The lowest BCUT2D eigenvalue weighted by molar-refractivity contribution is -0.0459. The Morgan fingerprint density at radius 2 is 2.09 bits per heavy atom. The summed E-state index contributed by atoms with van der Waals surface area (Å²) in [4.78, 5) is 9.05. The third-order valence-corrected chi connectivity index (χ3v) is 4.74. The summed E-state index contributed by atoms with van der Waals surface area (Å²) in [6.07, 6.45) is -1.57. The van der Waals surface area contributed by atoms with Crippen LogP contribution in [0.4, 0.5) is 5.82 Å². The number of aliphatic hydroxyl groups excluding tert-OH is 2. The van der Waals surface area contributed by atoms with Crippen molar-refractivity contribution >= 4 is 56.2 Å². The van der Waals surface area contributed by atoms with Gasteiger partial charge in [0.15, 0.2) is 17.7 Å². The summed E-state index contributed by atoms with van der Waals surface area (Å²) < 4.78 is 12.2. The van der Waals surface area contributed by atoms with E-state index in [9.17, 15) is 10.2 Å². The number of anilines is 1. The van der Waals surface area contributed by atoms with Crippen LogP contribution in [0.2, 0.25) is 0 Å². The first-order valence-corrected chi connectivity index (χ1v) is 10.9. The zero-order valence-corrected chi connectivity index (χ0v) is 14.6. The molecule has 1 aliphatic rings. The first-order valence-electron chi connectivity index (χ1n) is 6.36. The number of aromatic nitrogens is 4. The molecule has 0 spiro atoms. The number of fused-ring (bicyclic) bond motifs is 1. The summed E-state index contributed by atoms with van der Waals surface area (Å²) in [5, 5.41) is 20.3. The Hall–Kier alpha value is -0.580. The Kier molecular flexibility index (Phi) is 4.78. The monoisotopic (exact) mass is 399 g/mol. The largest absolute Gasteiger partial charge is 0.387 e. The van der Waals surface area contributed by atoms with Gasteiger partial charge in [-0.05, 0) is 34.3 Å². The van der Waals surface area contributed by atoms with Crippen LogP contribution in [0.5, 0.6) is 0 Å². The highest BCUT2D eigenvalue weighted by Crippen LogP contribution is 2.58. The molecule has 1 aliphatic heterocycles. The number of aliphatic hydroxyl groups is 2. The number of imidazole rings is 1. The highest BCUT2D eigenvalue weighted by atomic mass is 35.9. The smallest absolute Gasteiger partial charge is 0.240 e. The zero-order chi connectivity index (χ0) is 16.8.